The van der Waals surface area contributed by atoms with Gasteiger partial charge in [-0.15, -0.1) is 4.80 Å². The van der Waals surface area contributed by atoms with Crippen molar-refractivity contribution >= 4 is 27.5 Å². The molecular formula is C27H33FN6O6S. The lowest BCUT2D eigenvalue weighted by Gasteiger charge is -2.32. The number of aliphatic hydroxyl groups is 2. The Balaban J connectivity index is 2.09. The third-order valence-corrected chi connectivity index (χ3v) is 8.21. The van der Waals surface area contributed by atoms with Crippen LogP contribution in [0.3, 0.4) is 0 Å². The van der Waals surface area contributed by atoms with Crippen LogP contribution in [-0.2, 0) is 22.5 Å². The predicted octanol–water partition coefficient (Wildman–Crippen LogP) is 1.79. The van der Waals surface area contributed by atoms with Crippen LogP contribution in [0, 0.1) is 12.7 Å². The van der Waals surface area contributed by atoms with Crippen molar-refractivity contribution in [3.63, 3.8) is 0 Å². The topological polar surface area (TPSA) is 154 Å². The standard InChI is InChI=1S/C27H33FN6O6S/c1-15(2)31-24(37)26(4,5)33-21(36)20-16(3)22(34-29-10-11-30-34)41-23(20)32(25(33)38)14-27(39,9-12-35)18-13-17(28)7-8-19(18)40-6/h7-8,10-11,13,15,35,39H,9,12,14H2,1-6H3,(H,31,37)/t27-/m1/s1. The van der Waals surface area contributed by atoms with Gasteiger partial charge in [-0.1, -0.05) is 11.3 Å². The maximum absolute atomic E-state index is 14.4. The van der Waals surface area contributed by atoms with Gasteiger partial charge in [-0.2, -0.15) is 10.2 Å². The molecule has 1 amide bonds. The Hall–Kier alpha value is -3.88. The lowest BCUT2D eigenvalue weighted by Crippen LogP contribution is -2.57. The normalized spacial score (nSPS) is 13.5. The summed E-state index contributed by atoms with van der Waals surface area (Å²) in [5.41, 5.74) is -4.77. The Bertz CT molecular complexity index is 1710. The molecule has 0 fully saturated rings. The minimum absolute atomic E-state index is 0.00547. The molecule has 0 saturated carbocycles. The van der Waals surface area contributed by atoms with E-state index in [1.807, 2.05) is 0 Å². The van der Waals surface area contributed by atoms with E-state index in [1.165, 1.54) is 48.8 Å². The number of hydrogen-bond donors (Lipinski definition) is 3. The van der Waals surface area contributed by atoms with Gasteiger partial charge < -0.3 is 20.3 Å². The molecule has 0 aliphatic rings. The largest absolute Gasteiger partial charge is 0.496 e. The van der Waals surface area contributed by atoms with E-state index in [-0.39, 0.29) is 34.0 Å². The summed E-state index contributed by atoms with van der Waals surface area (Å²) in [7, 11) is 1.35. The average molecular weight is 589 g/mol. The number of halogens is 1. The second kappa shape index (κ2) is 11.2. The molecule has 0 unspecified atom stereocenters. The summed E-state index contributed by atoms with van der Waals surface area (Å²) in [6.07, 6.45) is 2.63. The van der Waals surface area contributed by atoms with E-state index in [2.05, 4.69) is 15.5 Å². The summed E-state index contributed by atoms with van der Waals surface area (Å²) < 4.78 is 21.8. The SMILES string of the molecule is COc1ccc(F)cc1[C@@](O)(CCO)Cn1c(=O)n(C(C)(C)C(=O)NC(C)C)c(=O)c2c(C)c(-n3nccn3)sc21. The van der Waals surface area contributed by atoms with Gasteiger partial charge >= 0.3 is 5.69 Å². The fourth-order valence-corrected chi connectivity index (χ4v) is 6.02. The van der Waals surface area contributed by atoms with Gasteiger partial charge in [0.05, 0.1) is 31.4 Å². The molecule has 0 radical (unpaired) electrons. The van der Waals surface area contributed by atoms with Gasteiger partial charge in [0.1, 0.15) is 32.5 Å². The molecule has 1 atom stereocenters. The Morgan fingerprint density at radius 2 is 1.88 bits per heavy atom. The molecule has 3 N–H and O–H groups in total. The first kappa shape index (κ1) is 30.1. The molecule has 12 nitrogen and oxygen atoms in total. The molecule has 14 heteroatoms. The van der Waals surface area contributed by atoms with Crippen molar-refractivity contribution in [2.75, 3.05) is 13.7 Å². The van der Waals surface area contributed by atoms with Crippen molar-refractivity contribution in [3.05, 3.63) is 68.4 Å². The summed E-state index contributed by atoms with van der Waals surface area (Å²) in [6.45, 7) is 7.08. The fraction of sp³-hybridized carbons (Fsp3) is 0.444. The van der Waals surface area contributed by atoms with Crippen molar-refractivity contribution < 1.29 is 24.1 Å². The zero-order valence-electron chi connectivity index (χ0n) is 23.6. The number of thiophene rings is 1. The van der Waals surface area contributed by atoms with Crippen LogP contribution < -0.4 is 21.3 Å². The Morgan fingerprint density at radius 3 is 2.46 bits per heavy atom. The Kier molecular flexibility index (Phi) is 8.21. The van der Waals surface area contributed by atoms with E-state index in [1.54, 1.807) is 20.8 Å². The first-order chi connectivity index (χ1) is 19.3. The Labute approximate surface area is 238 Å². The number of hydrogen-bond acceptors (Lipinski definition) is 9. The van der Waals surface area contributed by atoms with Gasteiger partial charge in [-0.05, 0) is 52.8 Å². The number of benzene rings is 1. The van der Waals surface area contributed by atoms with Crippen molar-refractivity contribution in [1.29, 1.82) is 0 Å². The summed E-state index contributed by atoms with van der Waals surface area (Å²) in [4.78, 5) is 43.0. The van der Waals surface area contributed by atoms with Crippen LogP contribution in [-0.4, -0.2) is 60.0 Å². The van der Waals surface area contributed by atoms with Crippen molar-refractivity contribution in [3.8, 4) is 10.8 Å². The molecule has 0 bridgehead atoms. The maximum atomic E-state index is 14.4. The minimum atomic E-state index is -2.02. The van der Waals surface area contributed by atoms with Gasteiger partial charge in [0.15, 0.2) is 0 Å². The molecule has 1 aromatic carbocycles. The van der Waals surface area contributed by atoms with Crippen LogP contribution in [0.4, 0.5) is 4.39 Å². The lowest BCUT2D eigenvalue weighted by molar-refractivity contribution is -0.129. The van der Waals surface area contributed by atoms with Crippen LogP contribution in [0.15, 0.2) is 40.2 Å². The van der Waals surface area contributed by atoms with Gasteiger partial charge in [0.25, 0.3) is 5.56 Å². The van der Waals surface area contributed by atoms with Crippen LogP contribution >= 0.6 is 11.3 Å². The lowest BCUT2D eigenvalue weighted by atomic mass is 9.89. The molecule has 4 aromatic rings. The van der Waals surface area contributed by atoms with E-state index in [0.717, 1.165) is 28.0 Å². The molecule has 0 aliphatic carbocycles. The number of aromatic nitrogens is 5. The van der Waals surface area contributed by atoms with E-state index in [9.17, 15) is 29.0 Å². The first-order valence-electron chi connectivity index (χ1n) is 12.9. The molecule has 220 valence electrons. The van der Waals surface area contributed by atoms with E-state index >= 15 is 0 Å². The van der Waals surface area contributed by atoms with Crippen molar-refractivity contribution in [2.24, 2.45) is 0 Å². The number of aliphatic hydroxyl groups excluding tert-OH is 1. The maximum Gasteiger partial charge on any atom is 0.333 e. The van der Waals surface area contributed by atoms with Crippen LogP contribution in [0.5, 0.6) is 5.75 Å². The van der Waals surface area contributed by atoms with Gasteiger partial charge in [0.2, 0.25) is 5.91 Å². The van der Waals surface area contributed by atoms with Gasteiger partial charge in [-0.25, -0.2) is 13.8 Å². The van der Waals surface area contributed by atoms with Crippen LogP contribution in [0.25, 0.3) is 15.2 Å². The number of ether oxygens (including phenoxy) is 1. The fourth-order valence-electron chi connectivity index (χ4n) is 4.81. The van der Waals surface area contributed by atoms with Crippen LogP contribution in [0.1, 0.15) is 45.2 Å². The third kappa shape index (κ3) is 5.29. The highest BCUT2D eigenvalue weighted by molar-refractivity contribution is 7.21. The summed E-state index contributed by atoms with van der Waals surface area (Å²) in [6, 6.07) is 3.31. The molecule has 0 spiro atoms. The number of nitrogens with one attached hydrogen (secondary N) is 1. The number of carbonyl (C=O) groups is 1. The third-order valence-electron chi connectivity index (χ3n) is 6.93. The zero-order chi connectivity index (χ0) is 30.3. The summed E-state index contributed by atoms with van der Waals surface area (Å²) in [5.74, 6) is -1.08. The predicted molar refractivity (Wildman–Crippen MR) is 151 cm³/mol. The Morgan fingerprint density at radius 1 is 1.22 bits per heavy atom. The highest BCUT2D eigenvalue weighted by Gasteiger charge is 2.39. The quantitative estimate of drug-likeness (QED) is 0.254. The number of rotatable bonds is 10. The molecule has 3 aromatic heterocycles. The van der Waals surface area contributed by atoms with Gasteiger partial charge in [0, 0.05) is 30.2 Å². The molecule has 4 rings (SSSR count). The smallest absolute Gasteiger partial charge is 0.333 e. The van der Waals surface area contributed by atoms with Crippen LogP contribution in [0.2, 0.25) is 0 Å². The molecular weight excluding hydrogens is 555 g/mol. The molecule has 3 heterocycles. The average Bonchev–Trinajstić information content (AvgIpc) is 3.54. The highest BCUT2D eigenvalue weighted by Crippen LogP contribution is 2.37. The number of methoxy groups -OCH3 is 1. The van der Waals surface area contributed by atoms with Crippen molar-refractivity contribution in [1.82, 2.24) is 29.4 Å². The second-order valence-electron chi connectivity index (χ2n) is 10.6. The zero-order valence-corrected chi connectivity index (χ0v) is 24.5. The monoisotopic (exact) mass is 588 g/mol. The number of amides is 1. The number of fused-ring (bicyclic) bond motifs is 1. The van der Waals surface area contributed by atoms with E-state index < -0.39 is 47.3 Å². The van der Waals surface area contributed by atoms with Crippen molar-refractivity contribution in [2.45, 2.75) is 64.8 Å². The molecule has 0 saturated heterocycles. The highest BCUT2D eigenvalue weighted by atomic mass is 32.1. The molecule has 41 heavy (non-hydrogen) atoms. The van der Waals surface area contributed by atoms with E-state index in [4.69, 9.17) is 4.74 Å². The van der Waals surface area contributed by atoms with E-state index in [0.29, 0.717) is 10.6 Å². The minimum Gasteiger partial charge on any atom is -0.496 e. The number of aryl methyl sites for hydroxylation is 1. The number of nitrogens with zero attached hydrogens (tertiary/aromatic N) is 5. The first-order valence-corrected chi connectivity index (χ1v) is 13.7. The number of carbonyl (C=O) groups excluding carboxylic acids is 1. The molecule has 0 aliphatic heterocycles. The summed E-state index contributed by atoms with van der Waals surface area (Å²) >= 11 is 1.05. The van der Waals surface area contributed by atoms with Gasteiger partial charge in [-0.3, -0.25) is 14.2 Å². The second-order valence-corrected chi connectivity index (χ2v) is 11.6. The summed E-state index contributed by atoms with van der Waals surface area (Å²) in [5, 5.41) is 33.5.